The van der Waals surface area contributed by atoms with Crippen molar-refractivity contribution in [2.45, 2.75) is 72.0 Å². The first-order valence-corrected chi connectivity index (χ1v) is 10.4. The number of rotatable bonds is 9. The smallest absolute Gasteiger partial charge is 0.315 e. The van der Waals surface area contributed by atoms with Gasteiger partial charge in [-0.1, -0.05) is 40.7 Å². The van der Waals surface area contributed by atoms with Crippen LogP contribution >= 0.6 is 0 Å². The van der Waals surface area contributed by atoms with Crippen LogP contribution < -0.4 is 21.7 Å². The van der Waals surface area contributed by atoms with Gasteiger partial charge >= 0.3 is 6.03 Å². The monoisotopic (exact) mass is 423 g/mol. The molecule has 1 aliphatic heterocycles. The van der Waals surface area contributed by atoms with Crippen molar-refractivity contribution in [3.63, 3.8) is 0 Å². The first-order chi connectivity index (χ1) is 13.8. The van der Waals surface area contributed by atoms with Crippen molar-refractivity contribution >= 4 is 23.8 Å². The number of amides is 5. The lowest BCUT2D eigenvalue weighted by Gasteiger charge is -2.28. The summed E-state index contributed by atoms with van der Waals surface area (Å²) in [6.07, 6.45) is 2.49. The van der Waals surface area contributed by atoms with E-state index in [0.717, 1.165) is 0 Å². The lowest BCUT2D eigenvalue weighted by Crippen LogP contribution is -2.52. The molecule has 0 bridgehead atoms. The van der Waals surface area contributed by atoms with E-state index in [-0.39, 0.29) is 48.7 Å². The molecule has 3 unspecified atom stereocenters. The first-order valence-electron chi connectivity index (χ1n) is 10.4. The van der Waals surface area contributed by atoms with E-state index in [9.17, 15) is 19.2 Å². The molecule has 170 valence electrons. The van der Waals surface area contributed by atoms with Gasteiger partial charge < -0.3 is 26.6 Å². The van der Waals surface area contributed by atoms with Crippen LogP contribution in [0.4, 0.5) is 4.79 Å². The molecule has 1 saturated heterocycles. The highest BCUT2D eigenvalue weighted by Gasteiger charge is 2.41. The van der Waals surface area contributed by atoms with Crippen molar-refractivity contribution < 1.29 is 19.2 Å². The van der Waals surface area contributed by atoms with E-state index in [1.807, 2.05) is 34.6 Å². The number of hydrogen-bond acceptors (Lipinski definition) is 4. The number of nitrogens with two attached hydrogens (primary N) is 1. The molecule has 0 aromatic rings. The van der Waals surface area contributed by atoms with Crippen LogP contribution in [-0.4, -0.2) is 59.9 Å². The summed E-state index contributed by atoms with van der Waals surface area (Å²) in [5.41, 5.74) is 5.19. The third-order valence-electron chi connectivity index (χ3n) is 4.71. The number of carbonyl (C=O) groups excluding carboxylic acids is 4. The molecule has 1 fully saturated rings. The van der Waals surface area contributed by atoms with Crippen LogP contribution in [0.15, 0.2) is 12.7 Å². The van der Waals surface area contributed by atoms with Crippen LogP contribution in [-0.2, 0) is 14.4 Å². The number of hydrogen-bond donors (Lipinski definition) is 4. The molecule has 9 heteroatoms. The first kappa shape index (κ1) is 25.5. The van der Waals surface area contributed by atoms with Gasteiger partial charge in [0.05, 0.1) is 6.04 Å². The zero-order chi connectivity index (χ0) is 23.1. The maximum Gasteiger partial charge on any atom is 0.315 e. The van der Waals surface area contributed by atoms with E-state index < -0.39 is 23.9 Å². The summed E-state index contributed by atoms with van der Waals surface area (Å²) < 4.78 is 0. The number of likely N-dealkylation sites (tertiary alicyclic amines) is 1. The molecule has 0 aromatic heterocycles. The average molecular weight is 424 g/mol. The summed E-state index contributed by atoms with van der Waals surface area (Å²) in [6.45, 7) is 13.8. The van der Waals surface area contributed by atoms with Crippen LogP contribution in [0, 0.1) is 11.3 Å². The van der Waals surface area contributed by atoms with E-state index in [2.05, 4.69) is 22.5 Å². The highest BCUT2D eigenvalue weighted by molar-refractivity contribution is 5.92. The Hall–Kier alpha value is -2.58. The largest absolute Gasteiger partial charge is 0.368 e. The molecule has 0 radical (unpaired) electrons. The van der Waals surface area contributed by atoms with Gasteiger partial charge in [0.1, 0.15) is 12.1 Å². The van der Waals surface area contributed by atoms with Crippen molar-refractivity contribution in [3.8, 4) is 0 Å². The normalized spacial score (nSPS) is 19.9. The Morgan fingerprint density at radius 1 is 1.23 bits per heavy atom. The predicted molar refractivity (Wildman–Crippen MR) is 115 cm³/mol. The average Bonchev–Trinajstić information content (AvgIpc) is 3.01. The molecule has 1 aliphatic rings. The maximum absolute atomic E-state index is 13.0. The van der Waals surface area contributed by atoms with E-state index >= 15 is 0 Å². The number of carbonyl (C=O) groups is 4. The van der Waals surface area contributed by atoms with Crippen LogP contribution in [0.3, 0.4) is 0 Å². The summed E-state index contributed by atoms with van der Waals surface area (Å²) in [5.74, 6) is -1.05. The third kappa shape index (κ3) is 8.42. The molecule has 1 heterocycles. The fourth-order valence-corrected chi connectivity index (χ4v) is 3.41. The zero-order valence-corrected chi connectivity index (χ0v) is 18.8. The van der Waals surface area contributed by atoms with Gasteiger partial charge in [0.2, 0.25) is 17.7 Å². The van der Waals surface area contributed by atoms with Crippen molar-refractivity contribution in [1.82, 2.24) is 20.9 Å². The van der Waals surface area contributed by atoms with E-state index in [0.29, 0.717) is 13.0 Å². The van der Waals surface area contributed by atoms with Gasteiger partial charge in [-0.3, -0.25) is 14.4 Å². The summed E-state index contributed by atoms with van der Waals surface area (Å²) in [5, 5.41) is 8.11. The zero-order valence-electron chi connectivity index (χ0n) is 18.8. The van der Waals surface area contributed by atoms with Crippen LogP contribution in [0.2, 0.25) is 0 Å². The Balaban J connectivity index is 2.96. The quantitative estimate of drug-likeness (QED) is 0.410. The van der Waals surface area contributed by atoms with E-state index in [1.54, 1.807) is 6.08 Å². The van der Waals surface area contributed by atoms with Crippen LogP contribution in [0.5, 0.6) is 0 Å². The summed E-state index contributed by atoms with van der Waals surface area (Å²) >= 11 is 0. The molecule has 0 aliphatic carbocycles. The standard InChI is InChI=1S/C21H37N5O4/c1-7-8-23-20(30)24-14-10-16(26(12-14)17(27)11-21(4,5)6)19(29)25-15(18(22)28)9-13(2)3/h7,13-16H,1,8-12H2,2-6H3,(H2,22,28)(H,25,29)(H2,23,24,30). The van der Waals surface area contributed by atoms with Gasteiger partial charge in [-0.2, -0.15) is 0 Å². The lowest BCUT2D eigenvalue weighted by molar-refractivity contribution is -0.140. The lowest BCUT2D eigenvalue weighted by atomic mass is 9.91. The van der Waals surface area contributed by atoms with E-state index in [4.69, 9.17) is 5.73 Å². The van der Waals surface area contributed by atoms with Crippen molar-refractivity contribution in [1.29, 1.82) is 0 Å². The van der Waals surface area contributed by atoms with Gasteiger partial charge in [-0.05, 0) is 24.2 Å². The molecule has 0 aromatic carbocycles. The van der Waals surface area contributed by atoms with Gasteiger partial charge in [0, 0.05) is 19.5 Å². The second kappa shape index (κ2) is 11.0. The molecule has 9 nitrogen and oxygen atoms in total. The Morgan fingerprint density at radius 2 is 1.87 bits per heavy atom. The van der Waals surface area contributed by atoms with Crippen molar-refractivity contribution in [2.24, 2.45) is 17.1 Å². The topological polar surface area (TPSA) is 134 Å². The van der Waals surface area contributed by atoms with Crippen LogP contribution in [0.1, 0.15) is 53.9 Å². The van der Waals surface area contributed by atoms with Gasteiger partial charge in [-0.15, -0.1) is 6.58 Å². The second-order valence-corrected chi connectivity index (χ2v) is 9.47. The van der Waals surface area contributed by atoms with Gasteiger partial charge in [-0.25, -0.2) is 4.79 Å². The summed E-state index contributed by atoms with van der Waals surface area (Å²) in [4.78, 5) is 51.1. The van der Waals surface area contributed by atoms with Gasteiger partial charge in [0.25, 0.3) is 0 Å². The minimum Gasteiger partial charge on any atom is -0.368 e. The highest BCUT2D eigenvalue weighted by Crippen LogP contribution is 2.25. The Kier molecular flexibility index (Phi) is 9.32. The van der Waals surface area contributed by atoms with Crippen molar-refractivity contribution in [2.75, 3.05) is 13.1 Å². The summed E-state index contributed by atoms with van der Waals surface area (Å²) in [6, 6.07) is -2.36. The third-order valence-corrected chi connectivity index (χ3v) is 4.71. The Bertz CT molecular complexity index is 656. The van der Waals surface area contributed by atoms with Crippen molar-refractivity contribution in [3.05, 3.63) is 12.7 Å². The number of nitrogens with one attached hydrogen (secondary N) is 3. The fraction of sp³-hybridized carbons (Fsp3) is 0.714. The molecule has 5 amide bonds. The fourth-order valence-electron chi connectivity index (χ4n) is 3.41. The maximum atomic E-state index is 13.0. The molecule has 0 spiro atoms. The molecule has 1 rings (SSSR count). The Labute approximate surface area is 179 Å². The Morgan fingerprint density at radius 3 is 2.37 bits per heavy atom. The molecular formula is C21H37N5O4. The molecular weight excluding hydrogens is 386 g/mol. The van der Waals surface area contributed by atoms with Crippen LogP contribution in [0.25, 0.3) is 0 Å². The number of primary amides is 1. The SMILES string of the molecule is C=CCNC(=O)NC1CC(C(=O)NC(CC(C)C)C(N)=O)N(C(=O)CC(C)(C)C)C1. The molecule has 0 saturated carbocycles. The molecule has 3 atom stereocenters. The number of nitrogens with zero attached hydrogens (tertiary/aromatic N) is 1. The van der Waals surface area contributed by atoms with Gasteiger partial charge in [0.15, 0.2) is 0 Å². The molecule has 5 N–H and O–H groups in total. The molecule has 30 heavy (non-hydrogen) atoms. The summed E-state index contributed by atoms with van der Waals surface area (Å²) in [7, 11) is 0. The second-order valence-electron chi connectivity index (χ2n) is 9.47. The highest BCUT2D eigenvalue weighted by atomic mass is 16.2. The number of urea groups is 1. The minimum atomic E-state index is -0.806. The minimum absolute atomic E-state index is 0.160. The predicted octanol–water partition coefficient (Wildman–Crippen LogP) is 0.894. The van der Waals surface area contributed by atoms with E-state index in [1.165, 1.54) is 4.90 Å².